The van der Waals surface area contributed by atoms with Gasteiger partial charge >= 0.3 is 0 Å². The number of carbonyl (C=O) groups is 1. The summed E-state index contributed by atoms with van der Waals surface area (Å²) in [5.74, 6) is -0.732. The summed E-state index contributed by atoms with van der Waals surface area (Å²) in [5.41, 5.74) is 1.51. The van der Waals surface area contributed by atoms with Crippen LogP contribution in [0, 0.1) is 11.6 Å². The zero-order valence-corrected chi connectivity index (χ0v) is 17.6. The lowest BCUT2D eigenvalue weighted by molar-refractivity contribution is -0.0433. The van der Waals surface area contributed by atoms with E-state index in [-0.39, 0.29) is 23.6 Å². The van der Waals surface area contributed by atoms with E-state index < -0.39 is 0 Å². The van der Waals surface area contributed by atoms with Crippen LogP contribution in [0.3, 0.4) is 0 Å². The Labute approximate surface area is 176 Å². The van der Waals surface area contributed by atoms with Gasteiger partial charge in [-0.2, -0.15) is 0 Å². The average molecular weight is 418 g/mol. The van der Waals surface area contributed by atoms with Crippen LogP contribution in [-0.4, -0.2) is 80.1 Å². The number of hydrogen-bond acceptors (Lipinski definition) is 4. The van der Waals surface area contributed by atoms with Gasteiger partial charge in [0.25, 0.3) is 5.91 Å². The molecule has 1 atom stereocenters. The molecule has 1 aliphatic rings. The van der Waals surface area contributed by atoms with Crippen molar-refractivity contribution in [1.29, 1.82) is 0 Å². The third-order valence-corrected chi connectivity index (χ3v) is 5.16. The average Bonchev–Trinajstić information content (AvgIpc) is 2.73. The summed E-state index contributed by atoms with van der Waals surface area (Å²) < 4.78 is 32.3. The molecule has 1 heterocycles. The van der Waals surface area contributed by atoms with Crippen LogP contribution in [0.5, 0.6) is 0 Å². The molecule has 0 N–H and O–H groups in total. The van der Waals surface area contributed by atoms with Gasteiger partial charge in [0.1, 0.15) is 11.6 Å². The predicted molar refractivity (Wildman–Crippen MR) is 112 cm³/mol. The van der Waals surface area contributed by atoms with Crippen molar-refractivity contribution in [2.24, 2.45) is 0 Å². The van der Waals surface area contributed by atoms with Gasteiger partial charge in [-0.25, -0.2) is 8.78 Å². The van der Waals surface area contributed by atoms with Crippen LogP contribution in [0.1, 0.15) is 15.9 Å². The zero-order chi connectivity index (χ0) is 21.5. The van der Waals surface area contributed by atoms with Crippen molar-refractivity contribution in [2.75, 3.05) is 53.4 Å². The topological polar surface area (TPSA) is 36.0 Å². The van der Waals surface area contributed by atoms with Crippen molar-refractivity contribution in [2.45, 2.75) is 12.6 Å². The first kappa shape index (κ1) is 22.3. The normalized spacial score (nSPS) is 17.3. The second-order valence-corrected chi connectivity index (χ2v) is 7.92. The molecular formula is C23H29F2N3O2. The quantitative estimate of drug-likeness (QED) is 0.662. The van der Waals surface area contributed by atoms with Gasteiger partial charge in [0.2, 0.25) is 0 Å². The van der Waals surface area contributed by atoms with Crippen molar-refractivity contribution in [3.05, 3.63) is 71.3 Å². The maximum atomic E-state index is 13.2. The number of rotatable bonds is 8. The minimum absolute atomic E-state index is 0.120. The molecule has 2 aromatic rings. The molecule has 1 aliphatic heterocycles. The molecule has 0 saturated carbocycles. The lowest BCUT2D eigenvalue weighted by Crippen LogP contribution is -2.49. The second kappa shape index (κ2) is 10.6. The van der Waals surface area contributed by atoms with Crippen LogP contribution in [-0.2, 0) is 11.3 Å². The summed E-state index contributed by atoms with van der Waals surface area (Å²) in [5, 5.41) is 0. The molecule has 1 amide bonds. The van der Waals surface area contributed by atoms with Crippen molar-refractivity contribution in [1.82, 2.24) is 14.7 Å². The molecule has 0 unspecified atom stereocenters. The minimum atomic E-state index is -0.363. The number of likely N-dealkylation sites (N-methyl/N-ethyl adjacent to an activating group) is 1. The molecule has 1 saturated heterocycles. The Kier molecular flexibility index (Phi) is 7.90. The number of carbonyl (C=O) groups excluding carboxylic acids is 1. The smallest absolute Gasteiger partial charge is 0.253 e. The zero-order valence-electron chi connectivity index (χ0n) is 17.6. The fourth-order valence-corrected chi connectivity index (χ4v) is 3.50. The van der Waals surface area contributed by atoms with Gasteiger partial charge in [-0.15, -0.1) is 0 Å². The van der Waals surface area contributed by atoms with Gasteiger partial charge in [0, 0.05) is 44.8 Å². The van der Waals surface area contributed by atoms with E-state index in [0.29, 0.717) is 38.3 Å². The number of amides is 1. The van der Waals surface area contributed by atoms with Crippen LogP contribution in [0.25, 0.3) is 0 Å². The molecule has 30 heavy (non-hydrogen) atoms. The van der Waals surface area contributed by atoms with E-state index in [4.69, 9.17) is 4.74 Å². The predicted octanol–water partition coefficient (Wildman–Crippen LogP) is 2.87. The van der Waals surface area contributed by atoms with Gasteiger partial charge < -0.3 is 14.5 Å². The Hall–Kier alpha value is -2.35. The lowest BCUT2D eigenvalue weighted by Gasteiger charge is -2.36. The summed E-state index contributed by atoms with van der Waals surface area (Å²) in [6.45, 7) is 4.51. The molecule has 3 rings (SSSR count). The Morgan fingerprint density at radius 1 is 1.03 bits per heavy atom. The first-order valence-corrected chi connectivity index (χ1v) is 10.2. The SMILES string of the molecule is CN(C)CCN(C[C@@H]1CN(Cc2ccc(F)cc2)CCO1)C(=O)c1ccc(F)cc1. The van der Waals surface area contributed by atoms with Crippen LogP contribution in [0.2, 0.25) is 0 Å². The number of morpholine rings is 1. The highest BCUT2D eigenvalue weighted by Gasteiger charge is 2.25. The molecule has 1 fully saturated rings. The third kappa shape index (κ3) is 6.58. The number of ether oxygens (including phenoxy) is 1. The number of benzene rings is 2. The van der Waals surface area contributed by atoms with Crippen LogP contribution in [0.15, 0.2) is 48.5 Å². The van der Waals surface area contributed by atoms with E-state index in [1.165, 1.54) is 36.4 Å². The summed E-state index contributed by atoms with van der Waals surface area (Å²) in [6, 6.07) is 12.2. The molecule has 162 valence electrons. The Morgan fingerprint density at radius 2 is 1.67 bits per heavy atom. The van der Waals surface area contributed by atoms with E-state index in [1.807, 2.05) is 19.0 Å². The van der Waals surface area contributed by atoms with Gasteiger partial charge in [-0.05, 0) is 56.1 Å². The van der Waals surface area contributed by atoms with Gasteiger partial charge in [0.05, 0.1) is 12.7 Å². The summed E-state index contributed by atoms with van der Waals surface area (Å²) in [4.78, 5) is 19.1. The minimum Gasteiger partial charge on any atom is -0.374 e. The maximum absolute atomic E-state index is 13.2. The maximum Gasteiger partial charge on any atom is 0.253 e. The number of nitrogens with zero attached hydrogens (tertiary/aromatic N) is 3. The summed E-state index contributed by atoms with van der Waals surface area (Å²) >= 11 is 0. The largest absolute Gasteiger partial charge is 0.374 e. The number of halogens is 2. The first-order valence-electron chi connectivity index (χ1n) is 10.2. The fourth-order valence-electron chi connectivity index (χ4n) is 3.50. The van der Waals surface area contributed by atoms with Crippen molar-refractivity contribution in [3.63, 3.8) is 0 Å². The van der Waals surface area contributed by atoms with Gasteiger partial charge in [-0.3, -0.25) is 9.69 Å². The standard InChI is InChI=1S/C23H29F2N3O2/c1-26(2)11-12-28(23(29)19-5-9-21(25)10-6-19)17-22-16-27(13-14-30-22)15-18-3-7-20(24)8-4-18/h3-10,22H,11-17H2,1-2H3/t22-/m0/s1. The fraction of sp³-hybridized carbons (Fsp3) is 0.435. The Balaban J connectivity index is 1.64. The molecule has 0 radical (unpaired) electrons. The molecule has 0 aliphatic carbocycles. The van der Waals surface area contributed by atoms with E-state index >= 15 is 0 Å². The number of hydrogen-bond donors (Lipinski definition) is 0. The van der Waals surface area contributed by atoms with Crippen molar-refractivity contribution < 1.29 is 18.3 Å². The monoisotopic (exact) mass is 417 g/mol. The van der Waals surface area contributed by atoms with E-state index in [1.54, 1.807) is 17.0 Å². The molecule has 7 heteroatoms. The molecule has 0 aromatic heterocycles. The second-order valence-electron chi connectivity index (χ2n) is 7.92. The van der Waals surface area contributed by atoms with Crippen molar-refractivity contribution >= 4 is 5.91 Å². The molecule has 5 nitrogen and oxygen atoms in total. The molecule has 0 spiro atoms. The Morgan fingerprint density at radius 3 is 2.30 bits per heavy atom. The highest BCUT2D eigenvalue weighted by molar-refractivity contribution is 5.94. The highest BCUT2D eigenvalue weighted by Crippen LogP contribution is 2.14. The summed E-state index contributed by atoms with van der Waals surface area (Å²) in [6.07, 6.45) is -0.120. The van der Waals surface area contributed by atoms with E-state index in [9.17, 15) is 13.6 Å². The molecular weight excluding hydrogens is 388 g/mol. The van der Waals surface area contributed by atoms with Crippen LogP contribution < -0.4 is 0 Å². The summed E-state index contributed by atoms with van der Waals surface area (Å²) in [7, 11) is 3.92. The Bertz CT molecular complexity index is 812. The van der Waals surface area contributed by atoms with Crippen LogP contribution in [0.4, 0.5) is 8.78 Å². The third-order valence-electron chi connectivity index (χ3n) is 5.16. The van der Waals surface area contributed by atoms with E-state index in [0.717, 1.165) is 18.7 Å². The molecule has 0 bridgehead atoms. The van der Waals surface area contributed by atoms with E-state index in [2.05, 4.69) is 4.90 Å². The molecule has 2 aromatic carbocycles. The first-order chi connectivity index (χ1) is 14.4. The van der Waals surface area contributed by atoms with Gasteiger partial charge in [-0.1, -0.05) is 12.1 Å². The van der Waals surface area contributed by atoms with Crippen LogP contribution >= 0.6 is 0 Å². The van der Waals surface area contributed by atoms with Crippen molar-refractivity contribution in [3.8, 4) is 0 Å². The van der Waals surface area contributed by atoms with Gasteiger partial charge in [0.15, 0.2) is 0 Å². The lowest BCUT2D eigenvalue weighted by atomic mass is 10.1. The highest BCUT2D eigenvalue weighted by atomic mass is 19.1.